The van der Waals surface area contributed by atoms with Gasteiger partial charge >= 0.3 is 0 Å². The average molecular weight is 327 g/mol. The molecule has 2 aromatic rings. The summed E-state index contributed by atoms with van der Waals surface area (Å²) >= 11 is 3.08. The predicted octanol–water partition coefficient (Wildman–Crippen LogP) is 1.92. The number of halogens is 2. The highest BCUT2D eigenvalue weighted by Crippen LogP contribution is 2.22. The second-order valence-corrected chi connectivity index (χ2v) is 4.30. The van der Waals surface area contributed by atoms with Crippen molar-refractivity contribution in [1.82, 2.24) is 9.97 Å². The van der Waals surface area contributed by atoms with Crippen molar-refractivity contribution in [3.05, 3.63) is 40.5 Å². The van der Waals surface area contributed by atoms with E-state index in [1.54, 1.807) is 0 Å². The maximum Gasteiger partial charge on any atom is 0.262 e. The molecule has 0 aliphatic heterocycles. The Kier molecular flexibility index (Phi) is 3.61. The lowest BCUT2D eigenvalue weighted by Gasteiger charge is -2.08. The fourth-order valence-electron chi connectivity index (χ4n) is 1.36. The highest BCUT2D eigenvalue weighted by atomic mass is 79.9. The molecule has 2 rings (SSSR count). The Labute approximate surface area is 115 Å². The molecule has 0 spiro atoms. The van der Waals surface area contributed by atoms with Gasteiger partial charge in [0, 0.05) is 11.8 Å². The van der Waals surface area contributed by atoms with Gasteiger partial charge in [0.15, 0.2) is 11.6 Å². The molecule has 4 N–H and O–H groups in total. The van der Waals surface area contributed by atoms with Crippen LogP contribution in [0.3, 0.4) is 0 Å². The molecule has 0 saturated heterocycles. The first-order chi connectivity index (χ1) is 8.99. The first kappa shape index (κ1) is 13.2. The number of anilines is 2. The monoisotopic (exact) mass is 326 g/mol. The van der Waals surface area contributed by atoms with Gasteiger partial charge in [0.2, 0.25) is 0 Å². The highest BCUT2D eigenvalue weighted by molar-refractivity contribution is 9.10. The van der Waals surface area contributed by atoms with E-state index in [4.69, 9.17) is 10.8 Å². The van der Waals surface area contributed by atoms with E-state index in [-0.39, 0.29) is 21.7 Å². The predicted molar refractivity (Wildman–Crippen MR) is 70.2 cm³/mol. The molecule has 0 aliphatic carbocycles. The Morgan fingerprint density at radius 3 is 2.79 bits per heavy atom. The van der Waals surface area contributed by atoms with Crippen molar-refractivity contribution in [3.63, 3.8) is 0 Å². The van der Waals surface area contributed by atoms with Crippen molar-refractivity contribution in [2.24, 2.45) is 0 Å². The third-order valence-corrected chi connectivity index (χ3v) is 2.86. The molecule has 0 bridgehead atoms. The van der Waals surface area contributed by atoms with Gasteiger partial charge in [0.25, 0.3) is 5.91 Å². The number of carbonyl (C=O) groups is 1. The van der Waals surface area contributed by atoms with Crippen LogP contribution in [-0.2, 0) is 0 Å². The number of aromatic hydroxyl groups is 1. The van der Waals surface area contributed by atoms with Gasteiger partial charge < -0.3 is 16.2 Å². The molecule has 6 nitrogen and oxygen atoms in total. The summed E-state index contributed by atoms with van der Waals surface area (Å²) in [6.07, 6.45) is 1.20. The van der Waals surface area contributed by atoms with Gasteiger partial charge in [-0.15, -0.1) is 0 Å². The van der Waals surface area contributed by atoms with Gasteiger partial charge in [-0.05, 0) is 28.1 Å². The molecule has 1 heterocycles. The van der Waals surface area contributed by atoms with E-state index in [0.717, 1.165) is 12.1 Å². The smallest absolute Gasteiger partial charge is 0.262 e. The number of nitrogens with zero attached hydrogens (tertiary/aromatic N) is 2. The summed E-state index contributed by atoms with van der Waals surface area (Å²) < 4.78 is 13.4. The molecule has 0 radical (unpaired) electrons. The van der Waals surface area contributed by atoms with Crippen LogP contribution in [0.1, 0.15) is 10.4 Å². The number of hydrogen-bond acceptors (Lipinski definition) is 5. The average Bonchev–Trinajstić information content (AvgIpc) is 2.33. The summed E-state index contributed by atoms with van der Waals surface area (Å²) in [5.74, 6) is -1.93. The number of nitrogen functional groups attached to an aromatic ring is 1. The second kappa shape index (κ2) is 5.19. The molecule has 19 heavy (non-hydrogen) atoms. The van der Waals surface area contributed by atoms with E-state index in [1.807, 2.05) is 0 Å². The van der Waals surface area contributed by atoms with Gasteiger partial charge in [-0.1, -0.05) is 0 Å². The van der Waals surface area contributed by atoms with Crippen LogP contribution in [0.15, 0.2) is 29.1 Å². The first-order valence-electron chi connectivity index (χ1n) is 5.05. The lowest BCUT2D eigenvalue weighted by Crippen LogP contribution is -2.16. The molecule has 0 unspecified atom stereocenters. The van der Waals surface area contributed by atoms with Gasteiger partial charge in [0.05, 0.1) is 0 Å². The number of aromatic nitrogens is 2. The van der Waals surface area contributed by atoms with Crippen LogP contribution in [-0.4, -0.2) is 21.0 Å². The molecule has 1 aromatic heterocycles. The molecule has 0 aliphatic rings. The zero-order valence-electron chi connectivity index (χ0n) is 9.39. The first-order valence-corrected chi connectivity index (χ1v) is 5.84. The zero-order chi connectivity index (χ0) is 14.0. The van der Waals surface area contributed by atoms with Crippen LogP contribution in [0.5, 0.6) is 5.75 Å². The van der Waals surface area contributed by atoms with Crippen molar-refractivity contribution in [3.8, 4) is 5.75 Å². The van der Waals surface area contributed by atoms with Gasteiger partial charge in [-0.25, -0.2) is 14.4 Å². The van der Waals surface area contributed by atoms with Gasteiger partial charge in [-0.3, -0.25) is 4.79 Å². The highest BCUT2D eigenvalue weighted by Gasteiger charge is 2.16. The number of phenolic OH excluding ortho intramolecular Hbond substituents is 1. The van der Waals surface area contributed by atoms with Crippen LogP contribution in [0.2, 0.25) is 0 Å². The third-order valence-electron chi connectivity index (χ3n) is 2.26. The van der Waals surface area contributed by atoms with Crippen LogP contribution in [0.4, 0.5) is 15.9 Å². The van der Waals surface area contributed by atoms with Crippen LogP contribution in [0, 0.1) is 5.82 Å². The number of hydrogen-bond donors (Lipinski definition) is 3. The molecule has 0 saturated carbocycles. The number of rotatable bonds is 2. The van der Waals surface area contributed by atoms with Crippen molar-refractivity contribution in [2.45, 2.75) is 0 Å². The maximum atomic E-state index is 13.1. The molecular weight excluding hydrogens is 319 g/mol. The normalized spacial score (nSPS) is 10.2. The Balaban J connectivity index is 2.28. The summed E-state index contributed by atoms with van der Waals surface area (Å²) in [5.41, 5.74) is 5.80. The fourth-order valence-corrected chi connectivity index (χ4v) is 1.84. The topological polar surface area (TPSA) is 101 Å². The summed E-state index contributed by atoms with van der Waals surface area (Å²) in [6, 6.07) is 3.47. The van der Waals surface area contributed by atoms with E-state index < -0.39 is 17.5 Å². The zero-order valence-corrected chi connectivity index (χ0v) is 11.0. The third kappa shape index (κ3) is 2.79. The summed E-state index contributed by atoms with van der Waals surface area (Å²) in [5, 5.41) is 11.5. The molecular formula is C11H8BrFN4O2. The summed E-state index contributed by atoms with van der Waals surface area (Å²) in [6.45, 7) is 0. The Morgan fingerprint density at radius 1 is 1.42 bits per heavy atom. The molecule has 8 heteroatoms. The standard InChI is InChI=1S/C11H8BrFN4O2/c12-9-8(10(14)16-4-15-9)11(19)17-5-1-2-7(18)6(13)3-5/h1-4,18H,(H,17,19)(H2,14,15,16). The molecule has 0 atom stereocenters. The summed E-state index contributed by atoms with van der Waals surface area (Å²) in [7, 11) is 0. The van der Waals surface area contributed by atoms with E-state index in [2.05, 4.69) is 31.2 Å². The number of benzene rings is 1. The van der Waals surface area contributed by atoms with Gasteiger partial charge in [-0.2, -0.15) is 0 Å². The van der Waals surface area contributed by atoms with E-state index in [1.165, 1.54) is 12.4 Å². The van der Waals surface area contributed by atoms with Gasteiger partial charge in [0.1, 0.15) is 22.3 Å². The Hall–Kier alpha value is -2.22. The number of nitrogens with one attached hydrogen (secondary N) is 1. The van der Waals surface area contributed by atoms with Crippen molar-refractivity contribution in [1.29, 1.82) is 0 Å². The number of carbonyl (C=O) groups excluding carboxylic acids is 1. The van der Waals surface area contributed by atoms with Crippen LogP contribution >= 0.6 is 15.9 Å². The summed E-state index contributed by atoms with van der Waals surface area (Å²) in [4.78, 5) is 19.4. The van der Waals surface area contributed by atoms with Crippen molar-refractivity contribution in [2.75, 3.05) is 11.1 Å². The van der Waals surface area contributed by atoms with Crippen molar-refractivity contribution < 1.29 is 14.3 Å². The largest absolute Gasteiger partial charge is 0.505 e. The van der Waals surface area contributed by atoms with Crippen LogP contribution in [0.25, 0.3) is 0 Å². The molecule has 1 aromatic carbocycles. The fraction of sp³-hybridized carbons (Fsp3) is 0. The van der Waals surface area contributed by atoms with E-state index in [9.17, 15) is 9.18 Å². The lowest BCUT2D eigenvalue weighted by atomic mass is 10.2. The van der Waals surface area contributed by atoms with E-state index in [0.29, 0.717) is 0 Å². The number of nitrogens with two attached hydrogens (primary N) is 1. The number of phenols is 1. The van der Waals surface area contributed by atoms with E-state index >= 15 is 0 Å². The van der Waals surface area contributed by atoms with Crippen molar-refractivity contribution >= 4 is 33.3 Å². The quantitative estimate of drug-likeness (QED) is 0.578. The molecule has 0 fully saturated rings. The SMILES string of the molecule is Nc1ncnc(Br)c1C(=O)Nc1ccc(O)c(F)c1. The number of amides is 1. The lowest BCUT2D eigenvalue weighted by molar-refractivity contribution is 0.102. The minimum Gasteiger partial charge on any atom is -0.505 e. The molecule has 98 valence electrons. The maximum absolute atomic E-state index is 13.1. The Bertz CT molecular complexity index is 630. The molecule has 1 amide bonds. The van der Waals surface area contributed by atoms with Crippen LogP contribution < -0.4 is 11.1 Å². The second-order valence-electron chi connectivity index (χ2n) is 3.55. The minimum atomic E-state index is -0.839. The Morgan fingerprint density at radius 2 is 2.16 bits per heavy atom. The minimum absolute atomic E-state index is 0.00127.